The van der Waals surface area contributed by atoms with E-state index in [-0.39, 0.29) is 11.9 Å². The molecular weight excluding hydrogens is 279 g/mol. The molecule has 0 bridgehead atoms. The number of aromatic nitrogens is 3. The average molecular weight is 291 g/mol. The fourth-order valence-corrected chi connectivity index (χ4v) is 2.17. The van der Waals surface area contributed by atoms with Crippen molar-refractivity contribution in [3.8, 4) is 0 Å². The summed E-state index contributed by atoms with van der Waals surface area (Å²) >= 11 is 5.97. The topological polar surface area (TPSA) is 42.2 Å². The zero-order valence-corrected chi connectivity index (χ0v) is 11.5. The summed E-state index contributed by atoms with van der Waals surface area (Å²) in [4.78, 5) is 4.28. The standard InChI is InChI=1S/C14H12ClFN4/c1-9(10-3-2-4-11(15)7-10)17-14-18-13-6-5-12(16)8-20(13)19-14/h2-9H,1H3,(H,17,19). The van der Waals surface area contributed by atoms with Gasteiger partial charge in [0.05, 0.1) is 12.2 Å². The monoisotopic (exact) mass is 290 g/mol. The normalized spacial score (nSPS) is 12.6. The van der Waals surface area contributed by atoms with E-state index in [0.29, 0.717) is 16.6 Å². The summed E-state index contributed by atoms with van der Waals surface area (Å²) in [6.07, 6.45) is 1.29. The van der Waals surface area contributed by atoms with Gasteiger partial charge in [-0.15, -0.1) is 5.10 Å². The molecule has 20 heavy (non-hydrogen) atoms. The molecular formula is C14H12ClFN4. The number of nitrogens with zero attached hydrogens (tertiary/aromatic N) is 3. The summed E-state index contributed by atoms with van der Waals surface area (Å²) in [5, 5.41) is 8.03. The van der Waals surface area contributed by atoms with Gasteiger partial charge in [0.1, 0.15) is 5.82 Å². The minimum Gasteiger partial charge on any atom is -0.346 e. The van der Waals surface area contributed by atoms with Gasteiger partial charge < -0.3 is 5.32 Å². The van der Waals surface area contributed by atoms with Crippen LogP contribution in [0.25, 0.3) is 5.65 Å². The first-order valence-electron chi connectivity index (χ1n) is 6.16. The highest BCUT2D eigenvalue weighted by atomic mass is 35.5. The fourth-order valence-electron chi connectivity index (χ4n) is 1.97. The lowest BCUT2D eigenvalue weighted by Gasteiger charge is -2.12. The molecule has 0 radical (unpaired) electrons. The molecule has 2 heterocycles. The van der Waals surface area contributed by atoms with Gasteiger partial charge in [0.25, 0.3) is 0 Å². The lowest BCUT2D eigenvalue weighted by molar-refractivity contribution is 0.614. The SMILES string of the molecule is CC(Nc1nc2ccc(F)cn2n1)c1cccc(Cl)c1. The number of nitrogens with one attached hydrogen (secondary N) is 1. The molecule has 0 spiro atoms. The number of pyridine rings is 1. The van der Waals surface area contributed by atoms with Gasteiger partial charge in [-0.1, -0.05) is 23.7 Å². The Bertz CT molecular complexity index is 756. The minimum absolute atomic E-state index is 0.00374. The van der Waals surface area contributed by atoms with Crippen LogP contribution in [0.1, 0.15) is 18.5 Å². The van der Waals surface area contributed by atoms with Gasteiger partial charge in [0, 0.05) is 5.02 Å². The van der Waals surface area contributed by atoms with E-state index in [1.165, 1.54) is 16.8 Å². The van der Waals surface area contributed by atoms with Gasteiger partial charge in [-0.25, -0.2) is 8.91 Å². The van der Waals surface area contributed by atoms with E-state index in [4.69, 9.17) is 11.6 Å². The van der Waals surface area contributed by atoms with Crippen LogP contribution in [0.15, 0.2) is 42.6 Å². The molecule has 1 N–H and O–H groups in total. The summed E-state index contributed by atoms with van der Waals surface area (Å²) in [5.74, 6) is 0.0971. The van der Waals surface area contributed by atoms with E-state index >= 15 is 0 Å². The van der Waals surface area contributed by atoms with Crippen molar-refractivity contribution in [3.05, 3.63) is 59.0 Å². The summed E-state index contributed by atoms with van der Waals surface area (Å²) in [5.41, 5.74) is 1.62. The maximum Gasteiger partial charge on any atom is 0.243 e. The van der Waals surface area contributed by atoms with Crippen molar-refractivity contribution >= 4 is 23.2 Å². The van der Waals surface area contributed by atoms with Crippen molar-refractivity contribution in [2.75, 3.05) is 5.32 Å². The van der Waals surface area contributed by atoms with Crippen LogP contribution in [0, 0.1) is 5.82 Å². The van der Waals surface area contributed by atoms with Crippen molar-refractivity contribution in [2.24, 2.45) is 0 Å². The second-order valence-electron chi connectivity index (χ2n) is 4.51. The third-order valence-corrected chi connectivity index (χ3v) is 3.22. The summed E-state index contributed by atoms with van der Waals surface area (Å²) in [6, 6.07) is 10.5. The zero-order chi connectivity index (χ0) is 14.1. The molecule has 3 rings (SSSR count). The molecule has 2 aromatic heterocycles. The molecule has 1 unspecified atom stereocenters. The van der Waals surface area contributed by atoms with E-state index < -0.39 is 0 Å². The number of hydrogen-bond donors (Lipinski definition) is 1. The average Bonchev–Trinajstić information content (AvgIpc) is 2.80. The molecule has 0 fully saturated rings. The molecule has 4 nitrogen and oxygen atoms in total. The Balaban J connectivity index is 1.85. The Morgan fingerprint density at radius 3 is 2.95 bits per heavy atom. The van der Waals surface area contributed by atoms with Crippen molar-refractivity contribution in [1.29, 1.82) is 0 Å². The number of rotatable bonds is 3. The Labute approximate surface area is 120 Å². The molecule has 102 valence electrons. The fraction of sp³-hybridized carbons (Fsp3) is 0.143. The Kier molecular flexibility index (Phi) is 3.28. The molecule has 0 amide bonds. The van der Waals surface area contributed by atoms with Gasteiger partial charge in [-0.05, 0) is 36.8 Å². The van der Waals surface area contributed by atoms with Crippen LogP contribution in [0.4, 0.5) is 10.3 Å². The summed E-state index contributed by atoms with van der Waals surface area (Å²) in [7, 11) is 0. The van der Waals surface area contributed by atoms with Crippen molar-refractivity contribution < 1.29 is 4.39 Å². The molecule has 6 heteroatoms. The van der Waals surface area contributed by atoms with Crippen LogP contribution in [-0.4, -0.2) is 14.6 Å². The molecule has 0 aliphatic rings. The lowest BCUT2D eigenvalue weighted by Crippen LogP contribution is -2.07. The molecule has 1 atom stereocenters. The number of fused-ring (bicyclic) bond motifs is 1. The van der Waals surface area contributed by atoms with Crippen LogP contribution in [0.2, 0.25) is 5.02 Å². The smallest absolute Gasteiger partial charge is 0.243 e. The number of anilines is 1. The number of halogens is 2. The largest absolute Gasteiger partial charge is 0.346 e. The zero-order valence-electron chi connectivity index (χ0n) is 10.7. The van der Waals surface area contributed by atoms with Crippen LogP contribution in [0.5, 0.6) is 0 Å². The van der Waals surface area contributed by atoms with Gasteiger partial charge in [0.15, 0.2) is 5.65 Å². The van der Waals surface area contributed by atoms with E-state index in [1.54, 1.807) is 6.07 Å². The predicted octanol–water partition coefficient (Wildman–Crippen LogP) is 3.69. The Morgan fingerprint density at radius 1 is 1.30 bits per heavy atom. The van der Waals surface area contributed by atoms with E-state index in [9.17, 15) is 4.39 Å². The van der Waals surface area contributed by atoms with Gasteiger partial charge >= 0.3 is 0 Å². The summed E-state index contributed by atoms with van der Waals surface area (Å²) < 4.78 is 14.5. The molecule has 0 saturated heterocycles. The quantitative estimate of drug-likeness (QED) is 0.800. The van der Waals surface area contributed by atoms with Crippen molar-refractivity contribution in [3.63, 3.8) is 0 Å². The third kappa shape index (κ3) is 2.58. The maximum absolute atomic E-state index is 13.1. The second kappa shape index (κ2) is 5.09. The number of hydrogen-bond acceptors (Lipinski definition) is 3. The lowest BCUT2D eigenvalue weighted by atomic mass is 10.1. The van der Waals surface area contributed by atoms with E-state index in [1.807, 2.05) is 31.2 Å². The first kappa shape index (κ1) is 12.9. The van der Waals surface area contributed by atoms with E-state index in [0.717, 1.165) is 5.56 Å². The highest BCUT2D eigenvalue weighted by Crippen LogP contribution is 2.20. The Morgan fingerprint density at radius 2 is 2.15 bits per heavy atom. The highest BCUT2D eigenvalue weighted by Gasteiger charge is 2.10. The van der Waals surface area contributed by atoms with Gasteiger partial charge in [-0.2, -0.15) is 4.98 Å². The summed E-state index contributed by atoms with van der Waals surface area (Å²) in [6.45, 7) is 1.98. The van der Waals surface area contributed by atoms with Gasteiger partial charge in [-0.3, -0.25) is 0 Å². The van der Waals surface area contributed by atoms with Crippen LogP contribution in [0.3, 0.4) is 0 Å². The minimum atomic E-state index is -0.350. The van der Waals surface area contributed by atoms with Gasteiger partial charge in [0.2, 0.25) is 5.95 Å². The molecule has 0 aliphatic carbocycles. The predicted molar refractivity (Wildman–Crippen MR) is 76.4 cm³/mol. The maximum atomic E-state index is 13.1. The van der Waals surface area contributed by atoms with E-state index in [2.05, 4.69) is 15.4 Å². The highest BCUT2D eigenvalue weighted by molar-refractivity contribution is 6.30. The molecule has 0 aliphatic heterocycles. The van der Waals surface area contributed by atoms with Crippen molar-refractivity contribution in [2.45, 2.75) is 13.0 Å². The molecule has 3 aromatic rings. The van der Waals surface area contributed by atoms with Crippen LogP contribution < -0.4 is 5.32 Å². The second-order valence-corrected chi connectivity index (χ2v) is 4.94. The first-order chi connectivity index (χ1) is 9.61. The Hall–Kier alpha value is -2.14. The third-order valence-electron chi connectivity index (χ3n) is 2.99. The first-order valence-corrected chi connectivity index (χ1v) is 6.53. The number of benzene rings is 1. The molecule has 0 saturated carbocycles. The van der Waals surface area contributed by atoms with Crippen molar-refractivity contribution in [1.82, 2.24) is 14.6 Å². The molecule has 1 aromatic carbocycles. The van der Waals surface area contributed by atoms with Crippen LogP contribution >= 0.6 is 11.6 Å². The van der Waals surface area contributed by atoms with Crippen LogP contribution in [-0.2, 0) is 0 Å².